The van der Waals surface area contributed by atoms with Crippen LogP contribution >= 0.6 is 11.6 Å². The fraction of sp³-hybridized carbons (Fsp3) is 0.400. The lowest BCUT2D eigenvalue weighted by Crippen LogP contribution is -2.34. The van der Waals surface area contributed by atoms with E-state index in [1.54, 1.807) is 0 Å². The fourth-order valence-corrected chi connectivity index (χ4v) is 4.72. The van der Waals surface area contributed by atoms with Crippen LogP contribution in [0, 0.1) is 5.41 Å². The van der Waals surface area contributed by atoms with Crippen molar-refractivity contribution in [1.82, 2.24) is 19.5 Å². The van der Waals surface area contributed by atoms with Crippen molar-refractivity contribution < 1.29 is 31.1 Å². The van der Waals surface area contributed by atoms with Crippen molar-refractivity contribution in [3.8, 4) is 11.7 Å². The molecule has 1 aliphatic carbocycles. The standard InChI is InChI=1S/C20H22ClF3N6O4S/c1-11(25)16(12(2)26-3)35(32,33)29-18(31)13-4-5-14(27-17(13)21)30-9-6-15(28-30)34-10-19(7-8-19)20(22,23)24/h4-6,9H,7-8,10,25H2,1-3H3,(H,29,31). The van der Waals surface area contributed by atoms with Crippen molar-refractivity contribution in [2.45, 2.75) is 32.9 Å². The predicted molar refractivity (Wildman–Crippen MR) is 122 cm³/mol. The van der Waals surface area contributed by atoms with E-state index >= 15 is 0 Å². The van der Waals surface area contributed by atoms with Gasteiger partial charge in [-0.1, -0.05) is 11.6 Å². The molecular weight excluding hydrogens is 513 g/mol. The number of sulfonamides is 1. The van der Waals surface area contributed by atoms with Crippen molar-refractivity contribution in [3.63, 3.8) is 0 Å². The number of alkyl halides is 3. The smallest absolute Gasteiger partial charge is 0.397 e. The van der Waals surface area contributed by atoms with Gasteiger partial charge in [0.2, 0.25) is 5.88 Å². The summed E-state index contributed by atoms with van der Waals surface area (Å²) in [4.78, 5) is 20.1. The van der Waals surface area contributed by atoms with Gasteiger partial charge in [-0.3, -0.25) is 9.79 Å². The summed E-state index contributed by atoms with van der Waals surface area (Å²) in [6.45, 7) is 2.23. The minimum Gasteiger partial charge on any atom is -0.476 e. The number of amides is 1. The fourth-order valence-electron chi connectivity index (χ4n) is 3.13. The first kappa shape index (κ1) is 26.5. The Hall–Kier alpha value is -3.13. The number of rotatable bonds is 8. The Labute approximate surface area is 204 Å². The van der Waals surface area contributed by atoms with Crippen LogP contribution in [0.15, 0.2) is 40.0 Å². The predicted octanol–water partition coefficient (Wildman–Crippen LogP) is 2.98. The van der Waals surface area contributed by atoms with E-state index < -0.39 is 34.1 Å². The summed E-state index contributed by atoms with van der Waals surface area (Å²) in [5.74, 6) is -0.979. The van der Waals surface area contributed by atoms with E-state index in [0.29, 0.717) is 0 Å². The molecule has 0 aliphatic heterocycles. The maximum absolute atomic E-state index is 13.0. The molecule has 0 radical (unpaired) electrons. The topological polar surface area (TPSA) is 142 Å². The molecule has 15 heteroatoms. The Kier molecular flexibility index (Phi) is 7.18. The number of aliphatic imine (C=N–C) groups is 1. The van der Waals surface area contributed by atoms with Crippen molar-refractivity contribution in [3.05, 3.63) is 45.7 Å². The Morgan fingerprint density at radius 2 is 1.97 bits per heavy atom. The van der Waals surface area contributed by atoms with Gasteiger partial charge in [0.05, 0.1) is 11.3 Å². The van der Waals surface area contributed by atoms with E-state index in [1.165, 1.54) is 50.0 Å². The molecule has 1 saturated carbocycles. The molecule has 0 unspecified atom stereocenters. The third-order valence-corrected chi connectivity index (χ3v) is 7.24. The zero-order chi connectivity index (χ0) is 26.2. The molecule has 0 bridgehead atoms. The van der Waals surface area contributed by atoms with Crippen molar-refractivity contribution >= 4 is 33.2 Å². The number of carbonyl (C=O) groups is 1. The molecule has 1 aliphatic rings. The quantitative estimate of drug-likeness (QED) is 0.391. The number of ether oxygens (including phenoxy) is 1. The van der Waals surface area contributed by atoms with Crippen LogP contribution < -0.4 is 15.2 Å². The van der Waals surface area contributed by atoms with E-state index in [2.05, 4.69) is 15.1 Å². The van der Waals surface area contributed by atoms with Crippen molar-refractivity contribution in [2.24, 2.45) is 16.1 Å². The summed E-state index contributed by atoms with van der Waals surface area (Å²) in [5, 5.41) is 3.68. The molecule has 35 heavy (non-hydrogen) atoms. The second-order valence-electron chi connectivity index (χ2n) is 7.93. The van der Waals surface area contributed by atoms with Crippen molar-refractivity contribution in [2.75, 3.05) is 13.7 Å². The van der Waals surface area contributed by atoms with Crippen LogP contribution in [0.5, 0.6) is 5.88 Å². The first-order valence-electron chi connectivity index (χ1n) is 10.1. The van der Waals surface area contributed by atoms with Crippen LogP contribution in [0.2, 0.25) is 5.15 Å². The lowest BCUT2D eigenvalue weighted by atomic mass is 10.1. The number of allylic oxidation sites excluding steroid dienone is 2. The van der Waals surface area contributed by atoms with Crippen LogP contribution in [-0.4, -0.2) is 54.6 Å². The Morgan fingerprint density at radius 3 is 2.49 bits per heavy atom. The number of nitrogens with one attached hydrogen (secondary N) is 1. The molecule has 1 fully saturated rings. The lowest BCUT2D eigenvalue weighted by molar-refractivity contribution is -0.194. The van der Waals surface area contributed by atoms with E-state index in [1.807, 2.05) is 4.72 Å². The lowest BCUT2D eigenvalue weighted by Gasteiger charge is -2.18. The average Bonchev–Trinajstić information content (AvgIpc) is 3.41. The molecule has 0 atom stereocenters. The molecule has 3 N–H and O–H groups in total. The third kappa shape index (κ3) is 5.59. The summed E-state index contributed by atoms with van der Waals surface area (Å²) in [5.41, 5.74) is 3.61. The third-order valence-electron chi connectivity index (χ3n) is 5.35. The number of hydrogen-bond donors (Lipinski definition) is 2. The molecule has 2 aromatic heterocycles. The van der Waals surface area contributed by atoms with E-state index in [0.717, 1.165) is 0 Å². The Balaban J connectivity index is 1.75. The van der Waals surface area contributed by atoms with Crippen LogP contribution in [0.1, 0.15) is 37.0 Å². The minimum atomic E-state index is -4.36. The van der Waals surface area contributed by atoms with Crippen LogP contribution in [0.3, 0.4) is 0 Å². The number of hydrogen-bond acceptors (Lipinski definition) is 8. The maximum atomic E-state index is 13.0. The second kappa shape index (κ2) is 9.49. The van der Waals surface area contributed by atoms with E-state index in [9.17, 15) is 26.4 Å². The number of nitrogens with zero attached hydrogens (tertiary/aromatic N) is 4. The molecule has 10 nitrogen and oxygen atoms in total. The van der Waals surface area contributed by atoms with Crippen LogP contribution in [0.25, 0.3) is 5.82 Å². The van der Waals surface area contributed by atoms with Gasteiger partial charge >= 0.3 is 6.18 Å². The number of nitrogens with two attached hydrogens (primary N) is 1. The van der Waals surface area contributed by atoms with E-state index in [4.69, 9.17) is 22.1 Å². The zero-order valence-electron chi connectivity index (χ0n) is 18.9. The number of halogens is 4. The highest BCUT2D eigenvalue weighted by molar-refractivity contribution is 7.95. The van der Waals surface area contributed by atoms with Crippen molar-refractivity contribution in [1.29, 1.82) is 0 Å². The summed E-state index contributed by atoms with van der Waals surface area (Å²) < 4.78 is 72.7. The summed E-state index contributed by atoms with van der Waals surface area (Å²) >= 11 is 6.10. The first-order chi connectivity index (χ1) is 16.2. The van der Waals surface area contributed by atoms with Gasteiger partial charge < -0.3 is 10.5 Å². The maximum Gasteiger partial charge on any atom is 0.397 e. The van der Waals surface area contributed by atoms with Gasteiger partial charge in [0, 0.05) is 25.0 Å². The van der Waals surface area contributed by atoms with Gasteiger partial charge in [-0.05, 0) is 38.8 Å². The van der Waals surface area contributed by atoms with Gasteiger partial charge in [-0.2, -0.15) is 13.2 Å². The largest absolute Gasteiger partial charge is 0.476 e. The highest BCUT2D eigenvalue weighted by Crippen LogP contribution is 2.57. The monoisotopic (exact) mass is 534 g/mol. The molecule has 0 saturated heterocycles. The normalized spacial score (nSPS) is 16.5. The summed E-state index contributed by atoms with van der Waals surface area (Å²) in [6, 6.07) is 3.90. The molecule has 2 heterocycles. The van der Waals surface area contributed by atoms with Gasteiger partial charge in [0.25, 0.3) is 15.9 Å². The van der Waals surface area contributed by atoms with E-state index in [-0.39, 0.29) is 51.6 Å². The zero-order valence-corrected chi connectivity index (χ0v) is 20.4. The summed E-state index contributed by atoms with van der Waals surface area (Å²) in [7, 11) is -2.98. The van der Waals surface area contributed by atoms with Crippen LogP contribution in [-0.2, 0) is 10.0 Å². The molecule has 1 amide bonds. The Bertz CT molecular complexity index is 1310. The highest BCUT2D eigenvalue weighted by atomic mass is 35.5. The average molecular weight is 535 g/mol. The molecule has 2 aromatic rings. The highest BCUT2D eigenvalue weighted by Gasteiger charge is 2.64. The van der Waals surface area contributed by atoms with Gasteiger partial charge in [0.1, 0.15) is 22.1 Å². The van der Waals surface area contributed by atoms with Gasteiger partial charge in [-0.15, -0.1) is 5.10 Å². The number of aromatic nitrogens is 3. The minimum absolute atomic E-state index is 0.000560. The number of pyridine rings is 1. The molecule has 0 aromatic carbocycles. The SMILES string of the molecule is CN=C(C)C(=C(C)N)S(=O)(=O)NC(=O)c1ccc(-n2ccc(OCC3(C(F)(F)F)CC3)n2)nc1Cl. The molecule has 190 valence electrons. The molecular formula is C20H22ClF3N6O4S. The molecule has 0 spiro atoms. The Morgan fingerprint density at radius 1 is 1.31 bits per heavy atom. The van der Waals surface area contributed by atoms with Gasteiger partial charge in [-0.25, -0.2) is 22.8 Å². The van der Waals surface area contributed by atoms with Gasteiger partial charge in [0.15, 0.2) is 5.82 Å². The number of carbonyl (C=O) groups excluding carboxylic acids is 1. The second-order valence-corrected chi connectivity index (χ2v) is 9.91. The molecule has 3 rings (SSSR count). The first-order valence-corrected chi connectivity index (χ1v) is 12.0. The van der Waals surface area contributed by atoms with Crippen LogP contribution in [0.4, 0.5) is 13.2 Å². The summed E-state index contributed by atoms with van der Waals surface area (Å²) in [6.07, 6.45) is -2.96.